The minimum absolute atomic E-state index is 0.936. The largest absolute Gasteiger partial charge is 0.129 e. The van der Waals surface area contributed by atoms with Crippen LogP contribution in [0.3, 0.4) is 0 Å². The fourth-order valence-corrected chi connectivity index (χ4v) is 13.8. The van der Waals surface area contributed by atoms with E-state index in [4.69, 9.17) is 0 Å². The Bertz CT molecular complexity index is 2660. The van der Waals surface area contributed by atoms with Crippen LogP contribution >= 0.6 is 15.8 Å². The number of fused-ring (bicyclic) bond motifs is 2. The fraction of sp³-hybridized carbons (Fsp3) is 0.148. The molecule has 0 aromatic heterocycles. The minimum atomic E-state index is -1.64. The maximum atomic E-state index is 3.74. The van der Waals surface area contributed by atoms with Crippen LogP contribution in [0.4, 0.5) is 0 Å². The van der Waals surface area contributed by atoms with E-state index in [1.54, 1.807) is 0 Å². The highest BCUT2D eigenvalue weighted by molar-refractivity contribution is 7.80. The summed E-state index contributed by atoms with van der Waals surface area (Å²) in [6.45, 7) is 14.0. The molecule has 7 aromatic rings. The van der Waals surface area contributed by atoms with Crippen molar-refractivity contribution in [1.82, 2.24) is 0 Å². The summed E-state index contributed by atoms with van der Waals surface area (Å²) in [7, 11) is -5.15. The average molecular weight is 817 g/mol. The molecule has 7 aromatic carbocycles. The van der Waals surface area contributed by atoms with Gasteiger partial charge in [0.25, 0.3) is 0 Å². The second kappa shape index (κ2) is 17.0. The zero-order valence-corrected chi connectivity index (χ0v) is 38.3. The lowest BCUT2D eigenvalue weighted by Crippen LogP contribution is -2.27. The third-order valence-corrected chi connectivity index (χ3v) is 17.0. The van der Waals surface area contributed by atoms with Crippen LogP contribution in [0.1, 0.15) is 23.1 Å². The van der Waals surface area contributed by atoms with Crippen molar-refractivity contribution in [2.24, 2.45) is 0 Å². The van der Waals surface area contributed by atoms with Gasteiger partial charge >= 0.3 is 0 Å². The summed E-state index contributed by atoms with van der Waals surface area (Å²) in [5, 5.41) is 10.7. The summed E-state index contributed by atoms with van der Waals surface area (Å²) in [5.74, 6) is 7.45. The fourth-order valence-electron chi connectivity index (χ4n) is 7.78. The second-order valence-corrected chi connectivity index (χ2v) is 30.9. The van der Waals surface area contributed by atoms with Crippen LogP contribution in [-0.4, -0.2) is 16.1 Å². The van der Waals surface area contributed by atoms with Gasteiger partial charge in [-0.25, -0.2) is 0 Å². The predicted molar refractivity (Wildman–Crippen MR) is 264 cm³/mol. The van der Waals surface area contributed by atoms with E-state index in [-0.39, 0.29) is 0 Å². The Morgan fingerprint density at radius 2 is 0.897 bits per heavy atom. The topological polar surface area (TPSA) is 0 Å². The Morgan fingerprint density at radius 1 is 0.431 bits per heavy atom. The maximum absolute atomic E-state index is 3.74. The Hall–Kier alpha value is -5.05. The van der Waals surface area contributed by atoms with Crippen LogP contribution in [0.2, 0.25) is 39.3 Å². The van der Waals surface area contributed by atoms with Crippen LogP contribution in [0, 0.1) is 22.9 Å². The Kier molecular flexibility index (Phi) is 11.7. The van der Waals surface area contributed by atoms with Gasteiger partial charge in [-0.3, -0.25) is 0 Å². The summed E-state index contributed by atoms with van der Waals surface area (Å²) in [6.07, 6.45) is 4.32. The zero-order valence-electron chi connectivity index (χ0n) is 34.5. The standard InChI is InChI=1S/C54H50P2Si2/c1-57(2,3)39-37-41-21-19-31-49-47(41)33-35-51(55(43-23-11-7-12-24-43)44-25-13-8-14-26-44)53(49)54-50-32-20-22-42(38-40-58(4,5)6)48(50)34-36-52(54)56(45-27-15-9-16-28-45)46-29-17-10-18-30-46/h7-19,21-31,33-36H,20,32H2,1-6H3. The van der Waals surface area contributed by atoms with Gasteiger partial charge in [-0.05, 0) is 99.6 Å². The van der Waals surface area contributed by atoms with Crippen LogP contribution < -0.4 is 31.8 Å². The van der Waals surface area contributed by atoms with Gasteiger partial charge in [0.1, 0.15) is 16.1 Å². The molecule has 4 heteroatoms. The number of allylic oxidation sites excluding steroid dienone is 2. The molecule has 0 bridgehead atoms. The highest BCUT2D eigenvalue weighted by Crippen LogP contribution is 2.47. The average Bonchev–Trinajstić information content (AvgIpc) is 3.23. The van der Waals surface area contributed by atoms with Crippen molar-refractivity contribution in [2.45, 2.75) is 52.1 Å². The molecule has 0 amide bonds. The van der Waals surface area contributed by atoms with Crippen molar-refractivity contribution in [2.75, 3.05) is 0 Å². The molecular weight excluding hydrogens is 767 g/mol. The summed E-state index contributed by atoms with van der Waals surface area (Å²) < 4.78 is 0. The van der Waals surface area contributed by atoms with E-state index in [2.05, 4.69) is 232 Å². The van der Waals surface area contributed by atoms with Gasteiger partial charge in [-0.15, -0.1) is 11.1 Å². The molecule has 1 aliphatic rings. The molecule has 0 nitrogen and oxygen atoms in total. The van der Waals surface area contributed by atoms with Crippen molar-refractivity contribution < 1.29 is 0 Å². The van der Waals surface area contributed by atoms with E-state index in [1.165, 1.54) is 70.4 Å². The first-order chi connectivity index (χ1) is 28.1. The summed E-state index contributed by atoms with van der Waals surface area (Å²) in [6, 6.07) is 61.4. The van der Waals surface area contributed by atoms with Gasteiger partial charge in [0.15, 0.2) is 0 Å². The van der Waals surface area contributed by atoms with E-state index in [1.807, 2.05) is 0 Å². The molecular formula is C54H50P2Si2. The van der Waals surface area contributed by atoms with Crippen LogP contribution in [0.15, 0.2) is 170 Å². The number of rotatable bonds is 7. The van der Waals surface area contributed by atoms with Crippen molar-refractivity contribution in [3.63, 3.8) is 0 Å². The van der Waals surface area contributed by atoms with Crippen molar-refractivity contribution in [3.8, 4) is 34.1 Å². The highest BCUT2D eigenvalue weighted by atomic mass is 31.1. The smallest absolute Gasteiger partial charge is 0.127 e. The molecule has 0 radical (unpaired) electrons. The number of hydrogen-bond acceptors (Lipinski definition) is 0. The molecule has 0 heterocycles. The third kappa shape index (κ3) is 8.69. The lowest BCUT2D eigenvalue weighted by molar-refractivity contribution is 0.985. The molecule has 0 aliphatic heterocycles. The lowest BCUT2D eigenvalue weighted by Gasteiger charge is -2.31. The molecule has 0 N–H and O–H groups in total. The third-order valence-electron chi connectivity index (χ3n) is 10.3. The predicted octanol–water partition coefficient (Wildman–Crippen LogP) is 11.5. The van der Waals surface area contributed by atoms with Crippen LogP contribution in [-0.2, 0) is 6.42 Å². The summed E-state index contributed by atoms with van der Waals surface area (Å²) >= 11 is 0. The number of benzene rings is 7. The highest BCUT2D eigenvalue weighted by Gasteiger charge is 2.31. The van der Waals surface area contributed by atoms with E-state index in [9.17, 15) is 0 Å². The maximum Gasteiger partial charge on any atom is 0.129 e. The number of hydrogen-bond donors (Lipinski definition) is 0. The molecule has 0 spiro atoms. The van der Waals surface area contributed by atoms with Gasteiger partial charge in [0.05, 0.1) is 0 Å². The molecule has 0 saturated heterocycles. The Morgan fingerprint density at radius 3 is 1.40 bits per heavy atom. The van der Waals surface area contributed by atoms with Crippen molar-refractivity contribution in [3.05, 3.63) is 187 Å². The first-order valence-corrected chi connectivity index (χ1v) is 30.0. The lowest BCUT2D eigenvalue weighted by atomic mass is 9.84. The first kappa shape index (κ1) is 39.8. The van der Waals surface area contributed by atoms with Gasteiger partial charge in [0.2, 0.25) is 0 Å². The summed E-state index contributed by atoms with van der Waals surface area (Å²) in [5.41, 5.74) is 15.2. The quantitative estimate of drug-likeness (QED) is 0.0854. The zero-order chi connectivity index (χ0) is 40.3. The van der Waals surface area contributed by atoms with Crippen molar-refractivity contribution >= 4 is 80.2 Å². The second-order valence-electron chi connectivity index (χ2n) is 17.0. The van der Waals surface area contributed by atoms with E-state index >= 15 is 0 Å². The van der Waals surface area contributed by atoms with Gasteiger partial charge in [-0.1, -0.05) is 215 Å². The molecule has 8 rings (SSSR count). The molecule has 58 heavy (non-hydrogen) atoms. The van der Waals surface area contributed by atoms with Gasteiger partial charge in [0, 0.05) is 11.1 Å². The van der Waals surface area contributed by atoms with Gasteiger partial charge in [-0.2, -0.15) is 0 Å². The first-order valence-electron chi connectivity index (χ1n) is 20.4. The molecule has 0 fully saturated rings. The van der Waals surface area contributed by atoms with Crippen molar-refractivity contribution in [1.29, 1.82) is 0 Å². The Balaban J connectivity index is 1.56. The molecule has 0 unspecified atom stereocenters. The van der Waals surface area contributed by atoms with Crippen LogP contribution in [0.25, 0.3) is 27.5 Å². The Labute approximate surface area is 351 Å². The van der Waals surface area contributed by atoms with E-state index in [0.717, 1.165) is 18.4 Å². The molecule has 284 valence electrons. The SMILES string of the molecule is C[Si](C)(C)C#CC1=CCCc2c1ccc(P(c1ccccc1)c1ccccc1)c2-c1c(P(c2ccccc2)c2ccccc2)ccc2c(C#C[Si](C)(C)C)cccc12. The van der Waals surface area contributed by atoms with Crippen LogP contribution in [0.5, 0.6) is 0 Å². The van der Waals surface area contributed by atoms with Gasteiger partial charge < -0.3 is 0 Å². The monoisotopic (exact) mass is 816 g/mol. The molecule has 1 aliphatic carbocycles. The minimum Gasteiger partial charge on any atom is -0.127 e. The normalized spacial score (nSPS) is 12.7. The van der Waals surface area contributed by atoms with E-state index in [0.29, 0.717) is 0 Å². The van der Waals surface area contributed by atoms with E-state index < -0.39 is 32.0 Å². The molecule has 0 saturated carbocycles. The summed E-state index contributed by atoms with van der Waals surface area (Å²) in [4.78, 5) is 0. The molecule has 0 atom stereocenters.